The normalized spacial score (nSPS) is 27.0. The van der Waals surface area contributed by atoms with Gasteiger partial charge < -0.3 is 15.5 Å². The van der Waals surface area contributed by atoms with Gasteiger partial charge in [-0.3, -0.25) is 0 Å². The van der Waals surface area contributed by atoms with Crippen LogP contribution >= 0.6 is 0 Å². The fourth-order valence-electron chi connectivity index (χ4n) is 3.08. The lowest BCUT2D eigenvalue weighted by Gasteiger charge is -2.47. The molecule has 0 atom stereocenters. The van der Waals surface area contributed by atoms with E-state index in [1.54, 1.807) is 0 Å². The highest BCUT2D eigenvalue weighted by Crippen LogP contribution is 2.23. The van der Waals surface area contributed by atoms with Gasteiger partial charge in [0.1, 0.15) is 0 Å². The first-order valence-electron chi connectivity index (χ1n) is 7.70. The second-order valence-electron chi connectivity index (χ2n) is 6.52. The molecule has 0 amide bonds. The van der Waals surface area contributed by atoms with E-state index in [1.807, 2.05) is 0 Å². The third-order valence-electron chi connectivity index (χ3n) is 4.77. The molecule has 0 aromatic carbocycles. The van der Waals surface area contributed by atoms with Crippen LogP contribution in [0.3, 0.4) is 0 Å². The van der Waals surface area contributed by atoms with Gasteiger partial charge in [0.25, 0.3) is 0 Å². The molecule has 0 unspecified atom stereocenters. The summed E-state index contributed by atoms with van der Waals surface area (Å²) >= 11 is 0. The standard InChI is InChI=1S/C14H31N5/c1-13(2)18-6-4-14(12-15,5-7-18)16-19-10-8-17(3)9-11-19/h13,16H,4-12,15H2,1-3H3. The van der Waals surface area contributed by atoms with Crippen LogP contribution in [0.15, 0.2) is 0 Å². The second-order valence-corrected chi connectivity index (χ2v) is 6.52. The Kier molecular flexibility index (Phi) is 5.20. The van der Waals surface area contributed by atoms with Crippen LogP contribution in [0.25, 0.3) is 0 Å². The summed E-state index contributed by atoms with van der Waals surface area (Å²) < 4.78 is 0. The van der Waals surface area contributed by atoms with Crippen LogP contribution in [0, 0.1) is 0 Å². The number of hydrogen-bond donors (Lipinski definition) is 2. The van der Waals surface area contributed by atoms with E-state index >= 15 is 0 Å². The van der Waals surface area contributed by atoms with E-state index < -0.39 is 0 Å². The summed E-state index contributed by atoms with van der Waals surface area (Å²) in [6.07, 6.45) is 2.32. The number of rotatable bonds is 4. The average molecular weight is 269 g/mol. The topological polar surface area (TPSA) is 47.8 Å². The van der Waals surface area contributed by atoms with Crippen LogP contribution in [0.4, 0.5) is 0 Å². The van der Waals surface area contributed by atoms with Crippen LogP contribution in [0.1, 0.15) is 26.7 Å². The van der Waals surface area contributed by atoms with Crippen LogP contribution in [0.2, 0.25) is 0 Å². The summed E-state index contributed by atoms with van der Waals surface area (Å²) in [5.41, 5.74) is 9.97. The predicted octanol–water partition coefficient (Wildman–Crippen LogP) is -0.0599. The molecule has 2 aliphatic heterocycles. The minimum Gasteiger partial charge on any atom is -0.329 e. The van der Waals surface area contributed by atoms with Crippen molar-refractivity contribution in [3.63, 3.8) is 0 Å². The number of likely N-dealkylation sites (N-methyl/N-ethyl adjacent to an activating group) is 1. The fourth-order valence-corrected chi connectivity index (χ4v) is 3.08. The van der Waals surface area contributed by atoms with Gasteiger partial charge in [-0.1, -0.05) is 0 Å². The van der Waals surface area contributed by atoms with Crippen molar-refractivity contribution in [3.05, 3.63) is 0 Å². The number of hydrazine groups is 1. The van der Waals surface area contributed by atoms with E-state index in [1.165, 1.54) is 0 Å². The highest BCUT2D eigenvalue weighted by molar-refractivity contribution is 4.94. The SMILES string of the molecule is CC(C)N1CCC(CN)(NN2CCN(C)CC2)CC1. The molecule has 0 aromatic heterocycles. The molecule has 2 heterocycles. The van der Waals surface area contributed by atoms with Crippen molar-refractivity contribution < 1.29 is 0 Å². The van der Waals surface area contributed by atoms with Crippen LogP contribution < -0.4 is 11.2 Å². The molecule has 3 N–H and O–H groups in total. The Bertz CT molecular complexity index is 265. The van der Waals surface area contributed by atoms with Crippen LogP contribution in [0.5, 0.6) is 0 Å². The Balaban J connectivity index is 1.86. The molecule has 2 fully saturated rings. The minimum absolute atomic E-state index is 0.126. The zero-order chi connectivity index (χ0) is 13.9. The highest BCUT2D eigenvalue weighted by atomic mass is 15.6. The van der Waals surface area contributed by atoms with Gasteiger partial charge in [0.15, 0.2) is 0 Å². The molecule has 2 saturated heterocycles. The first-order valence-corrected chi connectivity index (χ1v) is 7.70. The van der Waals surface area contributed by atoms with Crippen molar-refractivity contribution in [3.8, 4) is 0 Å². The molecule has 0 aromatic rings. The lowest BCUT2D eigenvalue weighted by Crippen LogP contribution is -2.65. The van der Waals surface area contributed by atoms with Gasteiger partial charge in [-0.05, 0) is 33.7 Å². The van der Waals surface area contributed by atoms with Gasteiger partial charge in [-0.15, -0.1) is 0 Å². The zero-order valence-electron chi connectivity index (χ0n) is 12.9. The fraction of sp³-hybridized carbons (Fsp3) is 1.00. The number of likely N-dealkylation sites (tertiary alicyclic amines) is 1. The maximum absolute atomic E-state index is 6.09. The number of piperidine rings is 1. The molecule has 2 aliphatic rings. The molecule has 112 valence electrons. The van der Waals surface area contributed by atoms with Gasteiger partial charge in [0.2, 0.25) is 0 Å². The lowest BCUT2D eigenvalue weighted by atomic mass is 9.87. The van der Waals surface area contributed by atoms with Gasteiger partial charge >= 0.3 is 0 Å². The lowest BCUT2D eigenvalue weighted by molar-refractivity contribution is 0.0187. The van der Waals surface area contributed by atoms with Crippen LogP contribution in [-0.4, -0.2) is 79.3 Å². The van der Waals surface area contributed by atoms with Gasteiger partial charge in [-0.25, -0.2) is 10.4 Å². The first-order chi connectivity index (χ1) is 9.04. The van der Waals surface area contributed by atoms with Crippen molar-refractivity contribution in [2.24, 2.45) is 5.73 Å². The molecule has 5 nitrogen and oxygen atoms in total. The van der Waals surface area contributed by atoms with Gasteiger partial charge in [-0.2, -0.15) is 0 Å². The Hall–Kier alpha value is -0.200. The molecule has 0 aliphatic carbocycles. The molecule has 0 spiro atoms. The molecule has 0 saturated carbocycles. The molecular weight excluding hydrogens is 238 g/mol. The molecule has 0 bridgehead atoms. The number of piperazine rings is 1. The Morgan fingerprint density at radius 3 is 2.11 bits per heavy atom. The largest absolute Gasteiger partial charge is 0.329 e. The van der Waals surface area contributed by atoms with E-state index in [0.717, 1.165) is 58.7 Å². The summed E-state index contributed by atoms with van der Waals surface area (Å²) in [5.74, 6) is 0. The third-order valence-corrected chi connectivity index (χ3v) is 4.77. The maximum atomic E-state index is 6.09. The third kappa shape index (κ3) is 3.89. The van der Waals surface area contributed by atoms with E-state index in [-0.39, 0.29) is 5.54 Å². The Morgan fingerprint density at radius 1 is 1.05 bits per heavy atom. The van der Waals surface area contributed by atoms with Crippen molar-refractivity contribution in [2.75, 3.05) is 52.9 Å². The Morgan fingerprint density at radius 2 is 1.63 bits per heavy atom. The summed E-state index contributed by atoms with van der Waals surface area (Å²) in [4.78, 5) is 4.94. The molecule has 2 rings (SSSR count). The molecular formula is C14H31N5. The minimum atomic E-state index is 0.126. The van der Waals surface area contributed by atoms with Gasteiger partial charge in [0, 0.05) is 57.4 Å². The zero-order valence-corrected chi connectivity index (χ0v) is 12.9. The number of hydrogen-bond acceptors (Lipinski definition) is 5. The molecule has 5 heteroatoms. The monoisotopic (exact) mass is 269 g/mol. The summed E-state index contributed by atoms with van der Waals surface area (Å²) in [6, 6.07) is 0.652. The summed E-state index contributed by atoms with van der Waals surface area (Å²) in [7, 11) is 2.19. The molecule has 0 radical (unpaired) electrons. The Labute approximate surface area is 118 Å². The van der Waals surface area contributed by atoms with Crippen LogP contribution in [-0.2, 0) is 0 Å². The second kappa shape index (κ2) is 6.50. The summed E-state index contributed by atoms with van der Waals surface area (Å²) in [6.45, 7) is 12.1. The quantitative estimate of drug-likeness (QED) is 0.749. The van der Waals surface area contributed by atoms with Crippen molar-refractivity contribution in [2.45, 2.75) is 38.3 Å². The first kappa shape index (κ1) is 15.2. The number of nitrogens with two attached hydrogens (primary N) is 1. The van der Waals surface area contributed by atoms with Gasteiger partial charge in [0.05, 0.1) is 0 Å². The van der Waals surface area contributed by atoms with E-state index in [9.17, 15) is 0 Å². The van der Waals surface area contributed by atoms with Crippen molar-refractivity contribution >= 4 is 0 Å². The molecule has 19 heavy (non-hydrogen) atoms. The smallest absolute Gasteiger partial charge is 0.0472 e. The predicted molar refractivity (Wildman–Crippen MR) is 79.9 cm³/mol. The van der Waals surface area contributed by atoms with Crippen molar-refractivity contribution in [1.82, 2.24) is 20.2 Å². The van der Waals surface area contributed by atoms with E-state index in [4.69, 9.17) is 5.73 Å². The maximum Gasteiger partial charge on any atom is 0.0472 e. The van der Waals surface area contributed by atoms with E-state index in [2.05, 4.69) is 41.1 Å². The average Bonchev–Trinajstić information content (AvgIpc) is 2.42. The van der Waals surface area contributed by atoms with E-state index in [0.29, 0.717) is 6.04 Å². The summed E-state index contributed by atoms with van der Waals surface area (Å²) in [5, 5.41) is 2.39. The van der Waals surface area contributed by atoms with Crippen molar-refractivity contribution in [1.29, 1.82) is 0 Å². The highest BCUT2D eigenvalue weighted by Gasteiger charge is 2.35. The number of nitrogens with zero attached hydrogens (tertiary/aromatic N) is 3. The number of nitrogens with one attached hydrogen (secondary N) is 1.